The van der Waals surface area contributed by atoms with Gasteiger partial charge in [0.15, 0.2) is 0 Å². The van der Waals surface area contributed by atoms with E-state index >= 15 is 0 Å². The summed E-state index contributed by atoms with van der Waals surface area (Å²) in [5, 5.41) is 1.75. The van der Waals surface area contributed by atoms with Crippen LogP contribution in [0.3, 0.4) is 0 Å². The number of halogens is 1. The number of aromatic nitrogens is 2. The summed E-state index contributed by atoms with van der Waals surface area (Å²) in [6.07, 6.45) is 1.56. The molecule has 3 nitrogen and oxygen atoms in total. The van der Waals surface area contributed by atoms with Crippen LogP contribution in [0.1, 0.15) is 0 Å². The van der Waals surface area contributed by atoms with Crippen LogP contribution in [-0.4, -0.2) is 9.97 Å². The predicted octanol–water partition coefficient (Wildman–Crippen LogP) is 3.26. The summed E-state index contributed by atoms with van der Waals surface area (Å²) >= 11 is 5.54. The molecule has 0 spiro atoms. The lowest BCUT2D eigenvalue weighted by atomic mass is 10.2. The highest BCUT2D eigenvalue weighted by molar-refractivity contribution is 6.30. The maximum Gasteiger partial charge on any atom is 0.345 e. The van der Waals surface area contributed by atoms with Gasteiger partial charge in [0.1, 0.15) is 0 Å². The lowest BCUT2D eigenvalue weighted by molar-refractivity contribution is 1.12. The second kappa shape index (κ2) is 5.98. The topological polar surface area (TPSA) is 45.8 Å². The van der Waals surface area contributed by atoms with Gasteiger partial charge in [0.25, 0.3) is 0 Å². The van der Waals surface area contributed by atoms with Gasteiger partial charge in [-0.3, -0.25) is 0 Å². The molecule has 3 rings (SSSR count). The minimum Gasteiger partial charge on any atom is -0.305 e. The number of aromatic amines is 1. The van der Waals surface area contributed by atoms with Gasteiger partial charge in [-0.25, -0.2) is 9.78 Å². The summed E-state index contributed by atoms with van der Waals surface area (Å²) in [6.45, 7) is 0. The van der Waals surface area contributed by atoms with Crippen molar-refractivity contribution in [3.05, 3.63) is 76.3 Å². The first-order valence-electron chi connectivity index (χ1n) is 5.40. The van der Waals surface area contributed by atoms with Crippen LogP contribution in [0.25, 0.3) is 10.9 Å². The zero-order chi connectivity index (χ0) is 12.8. The Kier molecular flexibility index (Phi) is 4.10. The molecule has 2 aromatic carbocycles. The van der Waals surface area contributed by atoms with Gasteiger partial charge in [-0.05, 0) is 18.2 Å². The number of para-hydroxylation sites is 1. The Balaban J connectivity index is 0.000000149. The van der Waals surface area contributed by atoms with Gasteiger partial charge in [0.05, 0.1) is 5.52 Å². The van der Waals surface area contributed by atoms with E-state index in [1.165, 1.54) is 0 Å². The average Bonchev–Trinajstić information content (AvgIpc) is 2.40. The van der Waals surface area contributed by atoms with E-state index in [4.69, 9.17) is 11.6 Å². The molecule has 18 heavy (non-hydrogen) atoms. The smallest absolute Gasteiger partial charge is 0.305 e. The summed E-state index contributed by atoms with van der Waals surface area (Å²) < 4.78 is 0. The van der Waals surface area contributed by atoms with Crippen LogP contribution in [0.2, 0.25) is 5.02 Å². The molecule has 0 aliphatic heterocycles. The lowest BCUT2D eigenvalue weighted by Crippen LogP contribution is -2.07. The number of nitrogens with zero attached hydrogens (tertiary/aromatic N) is 1. The highest BCUT2D eigenvalue weighted by Crippen LogP contribution is 2.05. The Morgan fingerprint density at radius 1 is 0.944 bits per heavy atom. The van der Waals surface area contributed by atoms with Crippen molar-refractivity contribution in [1.82, 2.24) is 9.97 Å². The summed E-state index contributed by atoms with van der Waals surface area (Å²) in [7, 11) is 0. The normalized spacial score (nSPS) is 9.61. The van der Waals surface area contributed by atoms with E-state index in [1.54, 1.807) is 6.20 Å². The molecular weight excluding hydrogens is 248 g/mol. The van der Waals surface area contributed by atoms with Crippen LogP contribution >= 0.6 is 11.6 Å². The SMILES string of the molecule is Clc1ccccc1.O=c1ncc2ccccc2[nH]1. The molecule has 0 bridgehead atoms. The molecule has 1 heterocycles. The Morgan fingerprint density at radius 3 is 2.28 bits per heavy atom. The molecular formula is C14H11ClN2O. The first-order chi connectivity index (χ1) is 8.75. The monoisotopic (exact) mass is 258 g/mol. The zero-order valence-corrected chi connectivity index (χ0v) is 10.3. The predicted molar refractivity (Wildman–Crippen MR) is 73.8 cm³/mol. The fourth-order valence-corrected chi connectivity index (χ4v) is 1.56. The van der Waals surface area contributed by atoms with E-state index in [2.05, 4.69) is 9.97 Å². The van der Waals surface area contributed by atoms with Crippen molar-refractivity contribution < 1.29 is 0 Å². The quantitative estimate of drug-likeness (QED) is 0.673. The third-order valence-corrected chi connectivity index (χ3v) is 2.51. The van der Waals surface area contributed by atoms with Crippen molar-refractivity contribution in [3.63, 3.8) is 0 Å². The van der Waals surface area contributed by atoms with Gasteiger partial charge >= 0.3 is 5.69 Å². The van der Waals surface area contributed by atoms with Crippen molar-refractivity contribution in [1.29, 1.82) is 0 Å². The summed E-state index contributed by atoms with van der Waals surface area (Å²) in [5.74, 6) is 0. The van der Waals surface area contributed by atoms with Crippen LogP contribution in [0, 0.1) is 0 Å². The van der Waals surface area contributed by atoms with E-state index in [0.717, 1.165) is 15.9 Å². The standard InChI is InChI=1S/C8H6N2O.C6H5Cl/c11-8-9-5-6-3-1-2-4-7(6)10-8;7-6-4-2-1-3-5-6/h1-5H,(H,9,10,11);1-5H. The van der Waals surface area contributed by atoms with E-state index < -0.39 is 0 Å². The molecule has 3 aromatic rings. The first kappa shape index (κ1) is 12.3. The molecule has 0 saturated carbocycles. The molecule has 90 valence electrons. The minimum absolute atomic E-state index is 0.302. The van der Waals surface area contributed by atoms with E-state index in [9.17, 15) is 4.79 Å². The highest BCUT2D eigenvalue weighted by Gasteiger charge is 1.90. The molecule has 0 atom stereocenters. The van der Waals surface area contributed by atoms with E-state index in [0.29, 0.717) is 0 Å². The number of nitrogens with one attached hydrogen (secondary N) is 1. The minimum atomic E-state index is -0.302. The largest absolute Gasteiger partial charge is 0.345 e. The molecule has 4 heteroatoms. The van der Waals surface area contributed by atoms with E-state index in [1.807, 2.05) is 54.6 Å². The average molecular weight is 259 g/mol. The number of hydrogen-bond acceptors (Lipinski definition) is 2. The van der Waals surface area contributed by atoms with Gasteiger partial charge in [-0.1, -0.05) is 48.0 Å². The number of rotatable bonds is 0. The Labute approximate surface area is 109 Å². The maximum absolute atomic E-state index is 10.7. The Bertz CT molecular complexity index is 680. The second-order valence-electron chi connectivity index (χ2n) is 3.57. The first-order valence-corrected chi connectivity index (χ1v) is 5.78. The van der Waals surface area contributed by atoms with E-state index in [-0.39, 0.29) is 5.69 Å². The summed E-state index contributed by atoms with van der Waals surface area (Å²) in [4.78, 5) is 16.9. The fourth-order valence-electron chi connectivity index (χ4n) is 1.41. The molecule has 1 aromatic heterocycles. The van der Waals surface area contributed by atoms with Crippen molar-refractivity contribution in [3.8, 4) is 0 Å². The second-order valence-corrected chi connectivity index (χ2v) is 4.01. The molecule has 0 radical (unpaired) electrons. The molecule has 0 unspecified atom stereocenters. The molecule has 0 amide bonds. The van der Waals surface area contributed by atoms with Gasteiger partial charge in [-0.15, -0.1) is 0 Å². The van der Waals surface area contributed by atoms with Crippen molar-refractivity contribution in [2.24, 2.45) is 0 Å². The third-order valence-electron chi connectivity index (χ3n) is 2.26. The van der Waals surface area contributed by atoms with Gasteiger partial charge in [-0.2, -0.15) is 0 Å². The lowest BCUT2D eigenvalue weighted by Gasteiger charge is -1.92. The van der Waals surface area contributed by atoms with Gasteiger partial charge < -0.3 is 4.98 Å². The van der Waals surface area contributed by atoms with Crippen LogP contribution < -0.4 is 5.69 Å². The molecule has 0 fully saturated rings. The van der Waals surface area contributed by atoms with Crippen molar-refractivity contribution in [2.75, 3.05) is 0 Å². The number of H-pyrrole nitrogens is 1. The van der Waals surface area contributed by atoms with Gasteiger partial charge in [0, 0.05) is 16.6 Å². The number of benzene rings is 2. The van der Waals surface area contributed by atoms with Crippen molar-refractivity contribution in [2.45, 2.75) is 0 Å². The molecule has 1 N–H and O–H groups in total. The Morgan fingerprint density at radius 2 is 1.61 bits per heavy atom. The fraction of sp³-hybridized carbons (Fsp3) is 0. The van der Waals surface area contributed by atoms with Crippen LogP contribution in [-0.2, 0) is 0 Å². The number of fused-ring (bicyclic) bond motifs is 1. The third kappa shape index (κ3) is 3.43. The van der Waals surface area contributed by atoms with Gasteiger partial charge in [0.2, 0.25) is 0 Å². The summed E-state index contributed by atoms with van der Waals surface area (Å²) in [6, 6.07) is 17.0. The molecule has 0 aliphatic carbocycles. The zero-order valence-electron chi connectivity index (χ0n) is 9.51. The van der Waals surface area contributed by atoms with Crippen molar-refractivity contribution >= 4 is 22.5 Å². The van der Waals surface area contributed by atoms with Crippen LogP contribution in [0.5, 0.6) is 0 Å². The van der Waals surface area contributed by atoms with Crippen LogP contribution in [0.15, 0.2) is 65.6 Å². The summed E-state index contributed by atoms with van der Waals surface area (Å²) in [5.41, 5.74) is 0.524. The maximum atomic E-state index is 10.7. The van der Waals surface area contributed by atoms with Crippen LogP contribution in [0.4, 0.5) is 0 Å². The highest BCUT2D eigenvalue weighted by atomic mass is 35.5. The molecule has 0 saturated heterocycles. The number of hydrogen-bond donors (Lipinski definition) is 1. The Hall–Kier alpha value is -2.13. The molecule has 0 aliphatic rings.